The van der Waals surface area contributed by atoms with Crippen molar-refractivity contribution < 1.29 is 9.26 Å². The largest absolute Gasteiger partial charge is 0.490 e. The Balaban J connectivity index is 1.47. The van der Waals surface area contributed by atoms with Crippen LogP contribution in [0, 0.1) is 13.8 Å². The number of rotatable bonds is 8. The van der Waals surface area contributed by atoms with E-state index in [0.717, 1.165) is 49.5 Å². The quantitative estimate of drug-likeness (QED) is 0.412. The SMILES string of the molecule is CN=C(NCCCc1nc(C)no1)NCc1ccc(C)cc1OC1CCCC1. The number of aromatic nitrogens is 2. The summed E-state index contributed by atoms with van der Waals surface area (Å²) >= 11 is 0. The topological polar surface area (TPSA) is 84.6 Å². The van der Waals surface area contributed by atoms with Crippen LogP contribution in [0.15, 0.2) is 27.7 Å². The number of hydrogen-bond acceptors (Lipinski definition) is 5. The molecule has 0 unspecified atom stereocenters. The molecule has 152 valence electrons. The molecule has 7 nitrogen and oxygen atoms in total. The number of benzene rings is 1. The highest BCUT2D eigenvalue weighted by Gasteiger charge is 2.18. The van der Waals surface area contributed by atoms with Crippen molar-refractivity contribution in [3.05, 3.63) is 41.0 Å². The lowest BCUT2D eigenvalue weighted by atomic mass is 10.1. The molecule has 1 fully saturated rings. The van der Waals surface area contributed by atoms with Crippen LogP contribution >= 0.6 is 0 Å². The number of ether oxygens (including phenoxy) is 1. The van der Waals surface area contributed by atoms with Gasteiger partial charge in [0.25, 0.3) is 0 Å². The van der Waals surface area contributed by atoms with Crippen LogP contribution in [0.2, 0.25) is 0 Å². The number of nitrogens with one attached hydrogen (secondary N) is 2. The fourth-order valence-corrected chi connectivity index (χ4v) is 3.39. The average molecular weight is 386 g/mol. The van der Waals surface area contributed by atoms with E-state index in [9.17, 15) is 0 Å². The summed E-state index contributed by atoms with van der Waals surface area (Å²) in [6, 6.07) is 6.40. The lowest BCUT2D eigenvalue weighted by molar-refractivity contribution is 0.207. The van der Waals surface area contributed by atoms with Crippen molar-refractivity contribution in [1.82, 2.24) is 20.8 Å². The van der Waals surface area contributed by atoms with E-state index >= 15 is 0 Å². The van der Waals surface area contributed by atoms with Crippen molar-refractivity contribution in [2.75, 3.05) is 13.6 Å². The maximum absolute atomic E-state index is 6.28. The smallest absolute Gasteiger partial charge is 0.226 e. The molecule has 0 atom stereocenters. The first kappa shape index (κ1) is 20.2. The Morgan fingerprint density at radius 2 is 2.07 bits per heavy atom. The predicted octanol–water partition coefficient (Wildman–Crippen LogP) is 3.31. The number of hydrogen-bond donors (Lipinski definition) is 2. The van der Waals surface area contributed by atoms with Crippen LogP contribution in [-0.2, 0) is 13.0 Å². The molecule has 1 heterocycles. The standard InChI is InChI=1S/C21H31N5O2/c1-15-10-11-17(19(13-15)27-18-7-4-5-8-18)14-24-21(22-3)23-12-6-9-20-25-16(2)26-28-20/h10-11,13,18H,4-9,12,14H2,1-3H3,(H2,22,23,24). The molecule has 1 aliphatic carbocycles. The van der Waals surface area contributed by atoms with Gasteiger partial charge in [0, 0.05) is 32.1 Å². The van der Waals surface area contributed by atoms with Crippen LogP contribution in [0.1, 0.15) is 54.9 Å². The van der Waals surface area contributed by atoms with E-state index in [2.05, 4.69) is 50.9 Å². The maximum atomic E-state index is 6.28. The summed E-state index contributed by atoms with van der Waals surface area (Å²) < 4.78 is 11.4. The van der Waals surface area contributed by atoms with Crippen LogP contribution in [0.4, 0.5) is 0 Å². The third-order valence-electron chi connectivity index (χ3n) is 4.92. The minimum Gasteiger partial charge on any atom is -0.490 e. The Bertz CT molecular complexity index is 781. The Labute approximate surface area is 167 Å². The highest BCUT2D eigenvalue weighted by Crippen LogP contribution is 2.27. The van der Waals surface area contributed by atoms with Gasteiger partial charge in [-0.3, -0.25) is 4.99 Å². The number of guanidine groups is 1. The van der Waals surface area contributed by atoms with Crippen LogP contribution in [0.25, 0.3) is 0 Å². The van der Waals surface area contributed by atoms with Gasteiger partial charge in [-0.05, 0) is 57.6 Å². The molecule has 1 aromatic heterocycles. The number of aryl methyl sites for hydroxylation is 3. The van der Waals surface area contributed by atoms with Crippen molar-refractivity contribution >= 4 is 5.96 Å². The first-order valence-corrected chi connectivity index (χ1v) is 10.1. The normalized spacial score (nSPS) is 15.0. The summed E-state index contributed by atoms with van der Waals surface area (Å²) in [6.07, 6.45) is 6.84. The monoisotopic (exact) mass is 385 g/mol. The lowest BCUT2D eigenvalue weighted by Crippen LogP contribution is -2.37. The molecule has 1 saturated carbocycles. The van der Waals surface area contributed by atoms with Gasteiger partial charge in [-0.25, -0.2) is 0 Å². The number of nitrogens with zero attached hydrogens (tertiary/aromatic N) is 3. The molecule has 2 aromatic rings. The minimum atomic E-state index is 0.353. The molecule has 3 rings (SSSR count). The van der Waals surface area contributed by atoms with Gasteiger partial charge in [-0.2, -0.15) is 4.98 Å². The molecule has 0 saturated heterocycles. The summed E-state index contributed by atoms with van der Waals surface area (Å²) in [4.78, 5) is 8.52. The third-order valence-corrected chi connectivity index (χ3v) is 4.92. The zero-order valence-corrected chi connectivity index (χ0v) is 17.1. The minimum absolute atomic E-state index is 0.353. The second-order valence-electron chi connectivity index (χ2n) is 7.33. The van der Waals surface area contributed by atoms with E-state index < -0.39 is 0 Å². The summed E-state index contributed by atoms with van der Waals surface area (Å²) in [5.41, 5.74) is 2.37. The molecule has 28 heavy (non-hydrogen) atoms. The Hall–Kier alpha value is -2.57. The molecular weight excluding hydrogens is 354 g/mol. The fraction of sp³-hybridized carbons (Fsp3) is 0.571. The van der Waals surface area contributed by atoms with E-state index in [1.54, 1.807) is 7.05 Å². The van der Waals surface area contributed by atoms with Gasteiger partial charge in [-0.15, -0.1) is 0 Å². The molecule has 0 aliphatic heterocycles. The van der Waals surface area contributed by atoms with E-state index in [4.69, 9.17) is 9.26 Å². The van der Waals surface area contributed by atoms with Crippen molar-refractivity contribution in [1.29, 1.82) is 0 Å². The summed E-state index contributed by atoms with van der Waals surface area (Å²) in [5.74, 6) is 3.11. The van der Waals surface area contributed by atoms with Crippen molar-refractivity contribution in [3.63, 3.8) is 0 Å². The molecule has 0 radical (unpaired) electrons. The van der Waals surface area contributed by atoms with E-state index in [-0.39, 0.29) is 0 Å². The predicted molar refractivity (Wildman–Crippen MR) is 110 cm³/mol. The highest BCUT2D eigenvalue weighted by atomic mass is 16.5. The van der Waals surface area contributed by atoms with Crippen molar-refractivity contribution in [2.24, 2.45) is 4.99 Å². The van der Waals surface area contributed by atoms with E-state index in [1.165, 1.54) is 18.4 Å². The van der Waals surface area contributed by atoms with Crippen LogP contribution in [0.3, 0.4) is 0 Å². The van der Waals surface area contributed by atoms with Crippen LogP contribution in [0.5, 0.6) is 5.75 Å². The van der Waals surface area contributed by atoms with Crippen LogP contribution < -0.4 is 15.4 Å². The molecule has 0 bridgehead atoms. The van der Waals surface area contributed by atoms with E-state index in [1.807, 2.05) is 6.92 Å². The highest BCUT2D eigenvalue weighted by molar-refractivity contribution is 5.79. The van der Waals surface area contributed by atoms with Gasteiger partial charge in [0.1, 0.15) is 5.75 Å². The van der Waals surface area contributed by atoms with Gasteiger partial charge in [-0.1, -0.05) is 17.3 Å². The van der Waals surface area contributed by atoms with Gasteiger partial charge in [0.2, 0.25) is 5.89 Å². The van der Waals surface area contributed by atoms with Gasteiger partial charge in [0.15, 0.2) is 11.8 Å². The number of aliphatic imine (C=N–C) groups is 1. The molecule has 0 spiro atoms. The second-order valence-corrected chi connectivity index (χ2v) is 7.33. The molecule has 1 aromatic carbocycles. The molecule has 1 aliphatic rings. The van der Waals surface area contributed by atoms with Gasteiger partial charge < -0.3 is 19.9 Å². The zero-order chi connectivity index (χ0) is 19.8. The molecular formula is C21H31N5O2. The second kappa shape index (κ2) is 10.1. The van der Waals surface area contributed by atoms with Crippen LogP contribution in [-0.4, -0.2) is 35.8 Å². The van der Waals surface area contributed by atoms with Gasteiger partial charge in [0.05, 0.1) is 6.10 Å². The summed E-state index contributed by atoms with van der Waals surface area (Å²) in [5, 5.41) is 10.5. The summed E-state index contributed by atoms with van der Waals surface area (Å²) in [7, 11) is 1.78. The third kappa shape index (κ3) is 5.97. The Kier molecular flexibility index (Phi) is 7.28. The summed E-state index contributed by atoms with van der Waals surface area (Å²) in [6.45, 7) is 5.38. The molecule has 0 amide bonds. The first-order valence-electron chi connectivity index (χ1n) is 10.1. The molecule has 7 heteroatoms. The van der Waals surface area contributed by atoms with E-state index in [0.29, 0.717) is 24.4 Å². The zero-order valence-electron chi connectivity index (χ0n) is 17.1. The first-order chi connectivity index (χ1) is 13.6. The van der Waals surface area contributed by atoms with Gasteiger partial charge >= 0.3 is 0 Å². The fourth-order valence-electron chi connectivity index (χ4n) is 3.39. The molecule has 2 N–H and O–H groups in total. The maximum Gasteiger partial charge on any atom is 0.226 e. The van der Waals surface area contributed by atoms with Crippen molar-refractivity contribution in [2.45, 2.75) is 65.0 Å². The van der Waals surface area contributed by atoms with Crippen molar-refractivity contribution in [3.8, 4) is 5.75 Å². The Morgan fingerprint density at radius 1 is 1.25 bits per heavy atom. The average Bonchev–Trinajstić information content (AvgIpc) is 3.34. The lowest BCUT2D eigenvalue weighted by Gasteiger charge is -2.18. The Morgan fingerprint density at radius 3 is 2.79 bits per heavy atom.